The minimum Gasteiger partial charge on any atom is -0.0619 e. The molecule has 3 aliphatic rings. The lowest BCUT2D eigenvalue weighted by molar-refractivity contribution is 1.14. The zero-order valence-corrected chi connectivity index (χ0v) is 36.5. The topological polar surface area (TPSA) is 0 Å². The fourth-order valence-corrected chi connectivity index (χ4v) is 12.5. The second-order valence-corrected chi connectivity index (χ2v) is 19.5. The van der Waals surface area contributed by atoms with Crippen LogP contribution in [0.4, 0.5) is 0 Å². The Bertz CT molecular complexity index is 2820. The molecule has 9 aromatic rings. The van der Waals surface area contributed by atoms with E-state index in [9.17, 15) is 0 Å². The summed E-state index contributed by atoms with van der Waals surface area (Å²) in [6, 6.07) is 81.5. The maximum absolute atomic E-state index is 2.39. The van der Waals surface area contributed by atoms with Crippen LogP contribution in [0.15, 0.2) is 218 Å². The second-order valence-electron chi connectivity index (χ2n) is 17.3. The van der Waals surface area contributed by atoms with Gasteiger partial charge in [-0.15, -0.1) is 0 Å². The molecule has 0 unspecified atom stereocenters. The molecule has 64 heavy (non-hydrogen) atoms. The van der Waals surface area contributed by atoms with Crippen LogP contribution in [0, 0.1) is 0 Å². The van der Waals surface area contributed by atoms with E-state index in [1.54, 1.807) is 0 Å². The summed E-state index contributed by atoms with van der Waals surface area (Å²) in [6.07, 6.45) is 10.1. The summed E-state index contributed by atoms with van der Waals surface area (Å²) < 4.78 is 0. The third-order valence-corrected chi connectivity index (χ3v) is 15.8. The fraction of sp³-hybridized carbons (Fsp3) is 0.0476. The first-order chi connectivity index (χ1) is 31.7. The van der Waals surface area contributed by atoms with Gasteiger partial charge in [0, 0.05) is 0 Å². The summed E-state index contributed by atoms with van der Waals surface area (Å²) in [7, 11) is -0.857. The Balaban J connectivity index is 0.931. The maximum atomic E-state index is 2.39. The van der Waals surface area contributed by atoms with E-state index in [4.69, 9.17) is 0 Å². The van der Waals surface area contributed by atoms with E-state index in [0.29, 0.717) is 0 Å². The van der Waals surface area contributed by atoms with Gasteiger partial charge in [0.2, 0.25) is 0 Å². The molecular weight excluding hydrogens is 788 g/mol. The van der Waals surface area contributed by atoms with E-state index in [-0.39, 0.29) is 0 Å². The molecule has 302 valence electrons. The molecule has 0 amide bonds. The zero-order chi connectivity index (χ0) is 42.4. The molecule has 12 rings (SSSR count). The zero-order valence-electron chi connectivity index (χ0n) is 35.6. The molecule has 0 bridgehead atoms. The Morgan fingerprint density at radius 3 is 0.656 bits per heavy atom. The third kappa shape index (κ3) is 7.11. The molecule has 1 heteroatoms. The minimum atomic E-state index is -0.857. The predicted octanol–water partition coefficient (Wildman–Crippen LogP) is 13.9. The molecule has 0 saturated carbocycles. The molecule has 0 fully saturated rings. The number of hydrogen-bond donors (Lipinski definition) is 0. The quantitative estimate of drug-likeness (QED) is 0.146. The van der Waals surface area contributed by atoms with Gasteiger partial charge >= 0.3 is 0 Å². The normalized spacial score (nSPS) is 13.2. The monoisotopic (exact) mass is 832 g/mol. The SMILES string of the molecule is C(=C1c2ccccc2Cc2ccccc21)c1ccc(P(c2ccc(C=C3c4ccccc4Cc4ccccc43)cc2)c2ccc(C=C3c4ccccc4Cc4ccccc43)cc2)cc1. The van der Waals surface area contributed by atoms with E-state index >= 15 is 0 Å². The van der Waals surface area contributed by atoms with E-state index in [2.05, 4.69) is 237 Å². The summed E-state index contributed by atoms with van der Waals surface area (Å²) in [4.78, 5) is 0. The summed E-state index contributed by atoms with van der Waals surface area (Å²) in [5.74, 6) is 0. The molecule has 0 saturated heterocycles. The summed E-state index contributed by atoms with van der Waals surface area (Å²) in [5, 5.41) is 4.01. The highest BCUT2D eigenvalue weighted by Crippen LogP contribution is 2.41. The van der Waals surface area contributed by atoms with Crippen molar-refractivity contribution in [1.29, 1.82) is 0 Å². The Morgan fingerprint density at radius 2 is 0.438 bits per heavy atom. The van der Waals surface area contributed by atoms with Gasteiger partial charge < -0.3 is 0 Å². The number of hydrogen-bond acceptors (Lipinski definition) is 0. The third-order valence-electron chi connectivity index (χ3n) is 13.4. The lowest BCUT2D eigenvalue weighted by Gasteiger charge is -2.23. The lowest BCUT2D eigenvalue weighted by Crippen LogP contribution is -2.20. The van der Waals surface area contributed by atoms with Gasteiger partial charge in [-0.05, 0) is 161 Å². The van der Waals surface area contributed by atoms with Crippen LogP contribution in [-0.2, 0) is 19.3 Å². The van der Waals surface area contributed by atoms with Crippen LogP contribution in [0.3, 0.4) is 0 Å². The van der Waals surface area contributed by atoms with E-state index in [0.717, 1.165) is 19.3 Å². The standard InChI is InChI=1S/C63H45P/c1-7-19-55-46(13-1)40-47-14-2-8-20-56(47)61(55)37-43-25-31-52(32-26-43)64(53-33-27-44(28-34-53)38-62-57-21-9-3-15-48(57)41-49-16-4-10-22-58(49)62)54-35-29-45(30-36-54)39-63-59-23-11-5-17-50(59)42-51-18-6-12-24-60(51)63/h1-39H,40-42H2. The first kappa shape index (κ1) is 38.3. The van der Waals surface area contributed by atoms with Crippen LogP contribution in [0.25, 0.3) is 34.9 Å². The molecule has 0 nitrogen and oxygen atoms in total. The summed E-state index contributed by atoms with van der Waals surface area (Å²) in [5.41, 5.74) is 23.9. The molecule has 9 aromatic carbocycles. The molecular formula is C63H45P. The van der Waals surface area contributed by atoms with Crippen LogP contribution >= 0.6 is 7.92 Å². The Kier molecular flexibility index (Phi) is 9.82. The molecule has 0 radical (unpaired) electrons. The Morgan fingerprint density at radius 1 is 0.234 bits per heavy atom. The fourth-order valence-electron chi connectivity index (χ4n) is 10.2. The van der Waals surface area contributed by atoms with Crippen molar-refractivity contribution >= 4 is 58.8 Å². The van der Waals surface area contributed by atoms with Crippen molar-refractivity contribution in [2.24, 2.45) is 0 Å². The number of rotatable bonds is 6. The van der Waals surface area contributed by atoms with Crippen molar-refractivity contribution in [3.63, 3.8) is 0 Å². The molecule has 0 spiro atoms. The van der Waals surface area contributed by atoms with Crippen LogP contribution in [-0.4, -0.2) is 0 Å². The average molecular weight is 833 g/mol. The van der Waals surface area contributed by atoms with E-state index in [1.165, 1.54) is 116 Å². The maximum Gasteiger partial charge on any atom is -0.00135 e. The Labute approximate surface area is 378 Å². The predicted molar refractivity (Wildman–Crippen MR) is 273 cm³/mol. The molecule has 3 aliphatic carbocycles. The highest BCUT2D eigenvalue weighted by Gasteiger charge is 2.23. The Hall–Kier alpha value is -7.37. The largest absolute Gasteiger partial charge is 0.0619 e. The van der Waals surface area contributed by atoms with Crippen LogP contribution < -0.4 is 15.9 Å². The lowest BCUT2D eigenvalue weighted by atomic mass is 9.81. The highest BCUT2D eigenvalue weighted by atomic mass is 31.1. The first-order valence-electron chi connectivity index (χ1n) is 22.5. The van der Waals surface area contributed by atoms with Gasteiger partial charge in [-0.3, -0.25) is 0 Å². The van der Waals surface area contributed by atoms with Crippen molar-refractivity contribution in [3.05, 3.63) is 302 Å². The average Bonchev–Trinajstić information content (AvgIpc) is 3.35. The smallest absolute Gasteiger partial charge is 0.00135 e. The van der Waals surface area contributed by atoms with Crippen molar-refractivity contribution in [2.75, 3.05) is 0 Å². The van der Waals surface area contributed by atoms with Gasteiger partial charge in [-0.1, -0.05) is 218 Å². The minimum absolute atomic E-state index is 0.857. The van der Waals surface area contributed by atoms with Crippen molar-refractivity contribution < 1.29 is 0 Å². The first-order valence-corrected chi connectivity index (χ1v) is 23.8. The number of benzene rings is 9. The molecule has 0 N–H and O–H groups in total. The summed E-state index contributed by atoms with van der Waals surface area (Å²) >= 11 is 0. The van der Waals surface area contributed by atoms with Gasteiger partial charge in [0.1, 0.15) is 0 Å². The van der Waals surface area contributed by atoms with Crippen molar-refractivity contribution in [1.82, 2.24) is 0 Å². The molecule has 0 atom stereocenters. The molecule has 0 heterocycles. The van der Waals surface area contributed by atoms with Gasteiger partial charge in [-0.25, -0.2) is 0 Å². The van der Waals surface area contributed by atoms with E-state index in [1.807, 2.05) is 0 Å². The van der Waals surface area contributed by atoms with Gasteiger partial charge in [0.05, 0.1) is 0 Å². The van der Waals surface area contributed by atoms with Crippen molar-refractivity contribution in [3.8, 4) is 0 Å². The molecule has 0 aliphatic heterocycles. The van der Waals surface area contributed by atoms with Crippen LogP contribution in [0.1, 0.15) is 83.5 Å². The van der Waals surface area contributed by atoms with E-state index < -0.39 is 7.92 Å². The van der Waals surface area contributed by atoms with Gasteiger partial charge in [0.25, 0.3) is 0 Å². The molecule has 0 aromatic heterocycles. The summed E-state index contributed by atoms with van der Waals surface area (Å²) in [6.45, 7) is 0. The van der Waals surface area contributed by atoms with Gasteiger partial charge in [-0.2, -0.15) is 0 Å². The van der Waals surface area contributed by atoms with Gasteiger partial charge in [0.15, 0.2) is 0 Å². The number of fused-ring (bicyclic) bond motifs is 6. The van der Waals surface area contributed by atoms with Crippen LogP contribution in [0.5, 0.6) is 0 Å². The second kappa shape index (κ2) is 16.4. The highest BCUT2D eigenvalue weighted by molar-refractivity contribution is 7.79. The van der Waals surface area contributed by atoms with Crippen LogP contribution in [0.2, 0.25) is 0 Å². The van der Waals surface area contributed by atoms with Crippen molar-refractivity contribution in [2.45, 2.75) is 19.3 Å².